The van der Waals surface area contributed by atoms with Crippen LogP contribution < -0.4 is 0 Å². The molecule has 0 spiro atoms. The molecule has 0 amide bonds. The van der Waals surface area contributed by atoms with E-state index in [1.54, 1.807) is 0 Å². The van der Waals surface area contributed by atoms with Crippen LogP contribution in [0, 0.1) is 17.3 Å². The summed E-state index contributed by atoms with van der Waals surface area (Å²) in [5, 5.41) is 30.3. The van der Waals surface area contributed by atoms with Gasteiger partial charge in [0.15, 0.2) is 0 Å². The maximum atomic E-state index is 12.0. The van der Waals surface area contributed by atoms with Gasteiger partial charge in [0.1, 0.15) is 12.7 Å². The molecular weight excluding hydrogens is 428 g/mol. The number of rotatable bonds is 19. The van der Waals surface area contributed by atoms with Gasteiger partial charge < -0.3 is 20.1 Å². The highest BCUT2D eigenvalue weighted by Crippen LogP contribution is 2.48. The van der Waals surface area contributed by atoms with Gasteiger partial charge in [-0.05, 0) is 75.0 Å². The lowest BCUT2D eigenvalue weighted by Crippen LogP contribution is -2.51. The van der Waals surface area contributed by atoms with Gasteiger partial charge in [-0.1, -0.05) is 77.4 Å². The second-order valence-electron chi connectivity index (χ2n) is 11.2. The number of unbranched alkanes of at least 4 members (excludes halogenated alkanes) is 4. The molecule has 2 fully saturated rings. The molecule has 0 heterocycles. The van der Waals surface area contributed by atoms with Crippen LogP contribution >= 0.6 is 0 Å². The first-order valence-electron chi connectivity index (χ1n) is 14.2. The van der Waals surface area contributed by atoms with Crippen LogP contribution in [-0.2, 0) is 9.53 Å². The molecule has 0 bridgehead atoms. The Balaban J connectivity index is 1.68. The van der Waals surface area contributed by atoms with E-state index in [4.69, 9.17) is 4.74 Å². The lowest BCUT2D eigenvalue weighted by molar-refractivity contribution is -0.223. The molecule has 34 heavy (non-hydrogen) atoms. The van der Waals surface area contributed by atoms with Crippen LogP contribution in [0.4, 0.5) is 0 Å². The molecule has 2 saturated carbocycles. The van der Waals surface area contributed by atoms with E-state index in [1.807, 2.05) is 6.92 Å². The van der Waals surface area contributed by atoms with Crippen molar-refractivity contribution in [3.63, 3.8) is 0 Å². The van der Waals surface area contributed by atoms with E-state index >= 15 is 0 Å². The highest BCUT2D eigenvalue weighted by Gasteiger charge is 2.40. The van der Waals surface area contributed by atoms with Crippen molar-refractivity contribution in [1.82, 2.24) is 0 Å². The molecule has 198 valence electrons. The largest absolute Gasteiger partial charge is 0.387 e. The van der Waals surface area contributed by atoms with Crippen molar-refractivity contribution in [3.05, 3.63) is 12.2 Å². The third-order valence-corrected chi connectivity index (χ3v) is 8.39. The van der Waals surface area contributed by atoms with Crippen LogP contribution in [0.5, 0.6) is 0 Å². The zero-order valence-electron chi connectivity index (χ0n) is 22.0. The zero-order valence-corrected chi connectivity index (χ0v) is 22.0. The molecule has 2 rings (SSSR count). The second-order valence-corrected chi connectivity index (χ2v) is 11.2. The van der Waals surface area contributed by atoms with Gasteiger partial charge >= 0.3 is 0 Å². The van der Waals surface area contributed by atoms with Gasteiger partial charge in [0.05, 0.1) is 0 Å². The van der Waals surface area contributed by atoms with E-state index in [0.29, 0.717) is 30.3 Å². The molecule has 1 unspecified atom stereocenters. The smallest absolute Gasteiger partial charge is 0.253 e. The van der Waals surface area contributed by atoms with Crippen molar-refractivity contribution in [1.29, 1.82) is 0 Å². The summed E-state index contributed by atoms with van der Waals surface area (Å²) in [6.45, 7) is 4.19. The molecule has 2 aliphatic rings. The third kappa shape index (κ3) is 9.37. The van der Waals surface area contributed by atoms with Crippen LogP contribution in [0.1, 0.15) is 123 Å². The first kappa shape index (κ1) is 29.5. The Morgan fingerprint density at radius 2 is 1.85 bits per heavy atom. The van der Waals surface area contributed by atoms with Crippen molar-refractivity contribution in [2.24, 2.45) is 17.3 Å². The van der Waals surface area contributed by atoms with Crippen LogP contribution in [0.25, 0.3) is 0 Å². The zero-order chi connectivity index (χ0) is 24.9. The molecular formula is C29H52O5. The van der Waals surface area contributed by atoms with Crippen molar-refractivity contribution < 1.29 is 24.9 Å². The second kappa shape index (κ2) is 15.4. The topological polar surface area (TPSA) is 87.0 Å². The normalized spacial score (nSPS) is 23.3. The van der Waals surface area contributed by atoms with E-state index in [2.05, 4.69) is 19.1 Å². The first-order chi connectivity index (χ1) is 16.3. The molecule has 5 nitrogen and oxygen atoms in total. The summed E-state index contributed by atoms with van der Waals surface area (Å²) in [6.07, 6.45) is 23.3. The van der Waals surface area contributed by atoms with E-state index < -0.39 is 17.7 Å². The first-order valence-corrected chi connectivity index (χ1v) is 14.2. The summed E-state index contributed by atoms with van der Waals surface area (Å²) in [5.41, 5.74) is 0.592. The van der Waals surface area contributed by atoms with Gasteiger partial charge in [0, 0.05) is 6.61 Å². The number of allylic oxidation sites excluding steroid dienone is 2. The fourth-order valence-corrected chi connectivity index (χ4v) is 5.88. The highest BCUT2D eigenvalue weighted by molar-refractivity contribution is 5.87. The van der Waals surface area contributed by atoms with Crippen molar-refractivity contribution in [3.8, 4) is 0 Å². The lowest BCUT2D eigenvalue weighted by Gasteiger charge is -2.42. The summed E-state index contributed by atoms with van der Waals surface area (Å²) >= 11 is 0. The van der Waals surface area contributed by atoms with E-state index in [-0.39, 0.29) is 13.0 Å². The fourth-order valence-electron chi connectivity index (χ4n) is 5.88. The monoisotopic (exact) mass is 480 g/mol. The molecule has 2 aliphatic carbocycles. The Morgan fingerprint density at radius 3 is 2.53 bits per heavy atom. The number of ketones is 1. The van der Waals surface area contributed by atoms with Crippen LogP contribution in [0.3, 0.4) is 0 Å². The summed E-state index contributed by atoms with van der Waals surface area (Å²) in [4.78, 5) is 12.0. The SMILES string of the molecule is CCCCCCC1(CC=C[C@H]2CCC[C@@H]2CCCCC(O)C(O)(O)C(=O)COCCC)CCC1. The summed E-state index contributed by atoms with van der Waals surface area (Å²) in [5.74, 6) is -2.24. The van der Waals surface area contributed by atoms with Crippen LogP contribution in [0.15, 0.2) is 12.2 Å². The van der Waals surface area contributed by atoms with E-state index in [1.165, 1.54) is 77.0 Å². The Kier molecular flexibility index (Phi) is 13.3. The number of aliphatic hydroxyl groups is 3. The number of Topliss-reactive ketones (excluding diaryl/α,β-unsaturated/α-hetero) is 1. The quantitative estimate of drug-likeness (QED) is 0.118. The maximum absolute atomic E-state index is 12.0. The van der Waals surface area contributed by atoms with Crippen molar-refractivity contribution in [2.45, 2.75) is 135 Å². The van der Waals surface area contributed by atoms with Crippen LogP contribution in [0.2, 0.25) is 0 Å². The summed E-state index contributed by atoms with van der Waals surface area (Å²) in [6, 6.07) is 0. The molecule has 0 aliphatic heterocycles. The van der Waals surface area contributed by atoms with Gasteiger partial charge in [0.25, 0.3) is 5.79 Å². The highest BCUT2D eigenvalue weighted by atomic mass is 16.5. The van der Waals surface area contributed by atoms with E-state index in [9.17, 15) is 20.1 Å². The average Bonchev–Trinajstić information content (AvgIpc) is 3.24. The number of aliphatic hydroxyl groups excluding tert-OH is 1. The van der Waals surface area contributed by atoms with Crippen LogP contribution in [-0.4, -0.2) is 46.2 Å². The Bertz CT molecular complexity index is 595. The number of carbonyl (C=O) groups excluding carboxylic acids is 1. The Labute approximate surface area is 208 Å². The molecule has 3 N–H and O–H groups in total. The predicted molar refractivity (Wildman–Crippen MR) is 137 cm³/mol. The van der Waals surface area contributed by atoms with Gasteiger partial charge in [-0.15, -0.1) is 0 Å². The Morgan fingerprint density at radius 1 is 1.06 bits per heavy atom. The molecule has 3 atom stereocenters. The number of ether oxygens (including phenoxy) is 1. The number of carbonyl (C=O) groups is 1. The van der Waals surface area contributed by atoms with Crippen molar-refractivity contribution in [2.75, 3.05) is 13.2 Å². The third-order valence-electron chi connectivity index (χ3n) is 8.39. The lowest BCUT2D eigenvalue weighted by atomic mass is 9.64. The van der Waals surface area contributed by atoms with Gasteiger partial charge in [-0.3, -0.25) is 4.79 Å². The number of hydrogen-bond donors (Lipinski definition) is 3. The standard InChI is InChI=1S/C29H52O5/c1-3-5-6-9-18-28(20-12-21-28)19-11-16-25-15-10-14-24(25)13-7-8-17-26(30)29(32,33)27(31)23-34-22-4-2/h11,16,24-26,30,32-33H,3-10,12-15,17-23H2,1-2H3/t24-,25+,26?/m0/s1. The minimum atomic E-state index is -2.72. The minimum Gasteiger partial charge on any atom is -0.387 e. The summed E-state index contributed by atoms with van der Waals surface area (Å²) in [7, 11) is 0. The molecule has 0 saturated heterocycles. The molecule has 0 aromatic carbocycles. The molecule has 5 heteroatoms. The fraction of sp³-hybridized carbons (Fsp3) is 0.897. The van der Waals surface area contributed by atoms with Gasteiger partial charge in [-0.2, -0.15) is 0 Å². The maximum Gasteiger partial charge on any atom is 0.253 e. The molecule has 0 aromatic heterocycles. The van der Waals surface area contributed by atoms with Crippen molar-refractivity contribution >= 4 is 5.78 Å². The van der Waals surface area contributed by atoms with Gasteiger partial charge in [0.2, 0.25) is 5.78 Å². The summed E-state index contributed by atoms with van der Waals surface area (Å²) < 4.78 is 5.09. The minimum absolute atomic E-state index is 0.209. The van der Waals surface area contributed by atoms with Gasteiger partial charge in [-0.25, -0.2) is 0 Å². The Hall–Kier alpha value is -0.750. The molecule has 0 aromatic rings. The number of hydrogen-bond acceptors (Lipinski definition) is 5. The predicted octanol–water partition coefficient (Wildman–Crippen LogP) is 6.09. The van der Waals surface area contributed by atoms with E-state index in [0.717, 1.165) is 19.3 Å². The molecule has 0 radical (unpaired) electrons. The average molecular weight is 481 g/mol.